The van der Waals surface area contributed by atoms with Crippen LogP contribution in [-0.2, 0) is 20.1 Å². The minimum absolute atomic E-state index is 0.764. The number of nitrogens with one attached hydrogen (secondary N) is 1. The summed E-state index contributed by atoms with van der Waals surface area (Å²) in [7, 11) is 1.99. The Kier molecular flexibility index (Phi) is 4.93. The van der Waals surface area contributed by atoms with Crippen LogP contribution in [0.1, 0.15) is 24.4 Å². The minimum Gasteiger partial charge on any atom is -0.349 e. The van der Waals surface area contributed by atoms with Gasteiger partial charge >= 0.3 is 0 Å². The molecule has 1 aromatic carbocycles. The number of hydrogen-bond acceptors (Lipinski definition) is 5. The molecule has 0 bridgehead atoms. The lowest BCUT2D eigenvalue weighted by atomic mass is 10.2. The van der Waals surface area contributed by atoms with Crippen molar-refractivity contribution in [3.8, 4) is 0 Å². The van der Waals surface area contributed by atoms with Crippen molar-refractivity contribution < 1.29 is 0 Å². The number of hydrogen-bond donors (Lipinski definition) is 1. The second kappa shape index (κ2) is 7.10. The Hall–Kier alpha value is -1.92. The van der Waals surface area contributed by atoms with Crippen LogP contribution < -0.4 is 10.2 Å². The van der Waals surface area contributed by atoms with E-state index < -0.39 is 0 Å². The van der Waals surface area contributed by atoms with E-state index in [4.69, 9.17) is 0 Å². The zero-order valence-corrected chi connectivity index (χ0v) is 14.7. The molecule has 0 aliphatic carbocycles. The van der Waals surface area contributed by atoms with Gasteiger partial charge in [0.2, 0.25) is 0 Å². The molecule has 6 heteroatoms. The Morgan fingerprint density at radius 3 is 2.74 bits per heavy atom. The topological polar surface area (TPSA) is 46.0 Å². The number of thiazole rings is 1. The zero-order valence-electron chi connectivity index (χ0n) is 13.9. The molecular weight excluding hydrogens is 306 g/mol. The Bertz CT molecular complexity index is 772. The van der Waals surface area contributed by atoms with E-state index in [9.17, 15) is 0 Å². The first-order valence-electron chi connectivity index (χ1n) is 8.03. The van der Waals surface area contributed by atoms with Crippen molar-refractivity contribution in [3.63, 3.8) is 0 Å². The molecule has 0 unspecified atom stereocenters. The summed E-state index contributed by atoms with van der Waals surface area (Å²) in [6.45, 7) is 7.90. The lowest BCUT2D eigenvalue weighted by Gasteiger charge is -2.16. The van der Waals surface area contributed by atoms with Crippen molar-refractivity contribution in [2.45, 2.75) is 26.9 Å². The van der Waals surface area contributed by atoms with Crippen molar-refractivity contribution in [2.75, 3.05) is 18.0 Å². The van der Waals surface area contributed by atoms with Crippen molar-refractivity contribution >= 4 is 27.4 Å². The number of aryl methyl sites for hydroxylation is 1. The van der Waals surface area contributed by atoms with Gasteiger partial charge in [-0.15, -0.1) is 11.3 Å². The quantitative estimate of drug-likeness (QED) is 0.723. The monoisotopic (exact) mass is 329 g/mol. The summed E-state index contributed by atoms with van der Waals surface area (Å²) >= 11 is 1.76. The van der Waals surface area contributed by atoms with E-state index in [1.54, 1.807) is 11.3 Å². The molecule has 2 heterocycles. The first kappa shape index (κ1) is 16.0. The van der Waals surface area contributed by atoms with Crippen molar-refractivity contribution in [2.24, 2.45) is 7.05 Å². The van der Waals surface area contributed by atoms with Crippen LogP contribution in [0.3, 0.4) is 0 Å². The predicted molar refractivity (Wildman–Crippen MR) is 96.9 cm³/mol. The van der Waals surface area contributed by atoms with Crippen LogP contribution in [-0.4, -0.2) is 27.9 Å². The Labute approximate surface area is 141 Å². The van der Waals surface area contributed by atoms with Crippen LogP contribution in [0.2, 0.25) is 0 Å². The van der Waals surface area contributed by atoms with E-state index >= 15 is 0 Å². The normalized spacial score (nSPS) is 11.3. The fourth-order valence-corrected chi connectivity index (χ4v) is 3.75. The fraction of sp³-hybridized carbons (Fsp3) is 0.412. The average molecular weight is 329 g/mol. The van der Waals surface area contributed by atoms with E-state index in [1.807, 2.05) is 24.0 Å². The maximum atomic E-state index is 4.61. The molecule has 0 aliphatic heterocycles. The maximum absolute atomic E-state index is 4.61. The minimum atomic E-state index is 0.764. The van der Waals surface area contributed by atoms with Gasteiger partial charge in [-0.1, -0.05) is 18.2 Å². The Morgan fingerprint density at radius 1 is 1.17 bits per heavy atom. The van der Waals surface area contributed by atoms with Gasteiger partial charge in [0.15, 0.2) is 5.13 Å². The number of fused-ring (bicyclic) bond motifs is 1. The lowest BCUT2D eigenvalue weighted by Crippen LogP contribution is -2.21. The molecule has 3 aromatic rings. The van der Waals surface area contributed by atoms with Gasteiger partial charge in [0.1, 0.15) is 0 Å². The van der Waals surface area contributed by atoms with Crippen molar-refractivity contribution in [3.05, 3.63) is 41.0 Å². The molecule has 0 amide bonds. The summed E-state index contributed by atoms with van der Waals surface area (Å²) in [4.78, 5) is 8.06. The van der Waals surface area contributed by atoms with Crippen LogP contribution in [0.15, 0.2) is 30.5 Å². The molecule has 3 rings (SSSR count). The van der Waals surface area contributed by atoms with Crippen molar-refractivity contribution in [1.29, 1.82) is 0 Å². The van der Waals surface area contributed by atoms with Gasteiger partial charge in [-0.3, -0.25) is 4.68 Å². The summed E-state index contributed by atoms with van der Waals surface area (Å²) in [5.41, 5.74) is 2.27. The number of para-hydroxylation sites is 1. The zero-order chi connectivity index (χ0) is 16.2. The highest BCUT2D eigenvalue weighted by molar-refractivity contribution is 7.15. The van der Waals surface area contributed by atoms with Crippen molar-refractivity contribution in [1.82, 2.24) is 20.1 Å². The van der Waals surface area contributed by atoms with Crippen LogP contribution in [0.25, 0.3) is 10.9 Å². The highest BCUT2D eigenvalue weighted by atomic mass is 32.1. The fourth-order valence-electron chi connectivity index (χ4n) is 2.74. The highest BCUT2D eigenvalue weighted by Gasteiger charge is 2.09. The second-order valence-electron chi connectivity index (χ2n) is 5.47. The summed E-state index contributed by atoms with van der Waals surface area (Å²) in [5, 5.41) is 10.4. The van der Waals surface area contributed by atoms with E-state index in [0.717, 1.165) is 37.0 Å². The summed E-state index contributed by atoms with van der Waals surface area (Å²) in [6.07, 6.45) is 1.97. The third-order valence-electron chi connectivity index (χ3n) is 4.00. The van der Waals surface area contributed by atoms with Crippen LogP contribution >= 0.6 is 11.3 Å². The van der Waals surface area contributed by atoms with E-state index in [1.165, 1.54) is 15.8 Å². The third kappa shape index (κ3) is 3.38. The molecule has 23 heavy (non-hydrogen) atoms. The molecule has 0 aliphatic rings. The third-order valence-corrected chi connectivity index (χ3v) is 5.06. The maximum Gasteiger partial charge on any atom is 0.185 e. The first-order valence-corrected chi connectivity index (χ1v) is 8.85. The standard InChI is InChI=1S/C17H23N5S/c1-4-22(5-2)17-19-11-13(23-17)10-18-12-15-14-8-6-7-9-16(14)21(3)20-15/h6-9,11,18H,4-5,10,12H2,1-3H3. The molecule has 0 atom stereocenters. The van der Waals surface area contributed by atoms with Crippen LogP contribution in [0.4, 0.5) is 5.13 Å². The molecule has 0 saturated carbocycles. The number of aromatic nitrogens is 3. The Morgan fingerprint density at radius 2 is 1.96 bits per heavy atom. The van der Waals surface area contributed by atoms with Crippen LogP contribution in [0, 0.1) is 0 Å². The number of benzene rings is 1. The number of rotatable bonds is 7. The van der Waals surface area contributed by atoms with Gasteiger partial charge in [0, 0.05) is 49.7 Å². The second-order valence-corrected chi connectivity index (χ2v) is 6.57. The Balaban J connectivity index is 1.63. The summed E-state index contributed by atoms with van der Waals surface area (Å²) < 4.78 is 1.94. The van der Waals surface area contributed by atoms with Gasteiger partial charge in [-0.05, 0) is 19.9 Å². The summed E-state index contributed by atoms with van der Waals surface area (Å²) in [6, 6.07) is 8.34. The molecule has 5 nitrogen and oxygen atoms in total. The largest absolute Gasteiger partial charge is 0.349 e. The number of anilines is 1. The SMILES string of the molecule is CCN(CC)c1ncc(CNCc2nn(C)c3ccccc23)s1. The molecular formula is C17H23N5S. The van der Waals surface area contributed by atoms with Crippen LogP contribution in [0.5, 0.6) is 0 Å². The molecule has 0 radical (unpaired) electrons. The molecule has 0 spiro atoms. The molecule has 2 aromatic heterocycles. The van der Waals surface area contributed by atoms with Gasteiger partial charge in [0.05, 0.1) is 11.2 Å². The lowest BCUT2D eigenvalue weighted by molar-refractivity contribution is 0.666. The van der Waals surface area contributed by atoms with E-state index in [2.05, 4.69) is 52.3 Å². The van der Waals surface area contributed by atoms with Gasteiger partial charge in [-0.2, -0.15) is 5.10 Å². The van der Waals surface area contributed by atoms with Gasteiger partial charge in [0.25, 0.3) is 0 Å². The summed E-state index contributed by atoms with van der Waals surface area (Å²) in [5.74, 6) is 0. The van der Waals surface area contributed by atoms with E-state index in [-0.39, 0.29) is 0 Å². The molecule has 1 N–H and O–H groups in total. The highest BCUT2D eigenvalue weighted by Crippen LogP contribution is 2.22. The number of nitrogens with zero attached hydrogens (tertiary/aromatic N) is 4. The predicted octanol–water partition coefficient (Wildman–Crippen LogP) is 3.17. The van der Waals surface area contributed by atoms with Gasteiger partial charge < -0.3 is 10.2 Å². The first-order chi connectivity index (χ1) is 11.2. The van der Waals surface area contributed by atoms with Gasteiger partial charge in [-0.25, -0.2) is 4.98 Å². The average Bonchev–Trinajstić information content (AvgIpc) is 3.15. The molecule has 122 valence electrons. The molecule has 0 fully saturated rings. The molecule has 0 saturated heterocycles. The smallest absolute Gasteiger partial charge is 0.185 e. The van der Waals surface area contributed by atoms with E-state index in [0.29, 0.717) is 0 Å².